The zero-order valence-electron chi connectivity index (χ0n) is 8.08. The summed E-state index contributed by atoms with van der Waals surface area (Å²) in [5.41, 5.74) is 0.466. The van der Waals surface area contributed by atoms with Gasteiger partial charge in [-0.2, -0.15) is 0 Å². The van der Waals surface area contributed by atoms with Crippen molar-refractivity contribution in [3.8, 4) is 0 Å². The van der Waals surface area contributed by atoms with Crippen molar-refractivity contribution in [3.63, 3.8) is 0 Å². The summed E-state index contributed by atoms with van der Waals surface area (Å²) in [4.78, 5) is 13.0. The molecule has 4 nitrogen and oxygen atoms in total. The highest BCUT2D eigenvalue weighted by Gasteiger charge is 2.52. The minimum atomic E-state index is -0.549. The fourth-order valence-electron chi connectivity index (χ4n) is 2.53. The van der Waals surface area contributed by atoms with Gasteiger partial charge in [-0.25, -0.2) is 4.79 Å². The van der Waals surface area contributed by atoms with Crippen LogP contribution in [0, 0.1) is 5.41 Å². The fourth-order valence-corrected chi connectivity index (χ4v) is 2.53. The van der Waals surface area contributed by atoms with Crippen LogP contribution in [-0.2, 0) is 9.47 Å². The second-order valence-electron chi connectivity index (χ2n) is 4.27. The molecule has 1 aliphatic carbocycles. The number of hydrogen-bond donors (Lipinski definition) is 0. The van der Waals surface area contributed by atoms with E-state index in [-0.39, 0.29) is 6.10 Å². The predicted molar refractivity (Wildman–Crippen MR) is 46.4 cm³/mol. The zero-order valence-corrected chi connectivity index (χ0v) is 8.08. The minimum Gasteiger partial charge on any atom is -0.438 e. The molecule has 0 N–H and O–H groups in total. The molecule has 4 heteroatoms. The Morgan fingerprint density at radius 1 is 1.46 bits per heavy atom. The van der Waals surface area contributed by atoms with Crippen LogP contribution in [-0.4, -0.2) is 44.4 Å². The Hall–Kier alpha value is -0.770. The average molecular weight is 185 g/mol. The second kappa shape index (κ2) is 2.87. The second-order valence-corrected chi connectivity index (χ2v) is 4.27. The van der Waals surface area contributed by atoms with E-state index in [0.29, 0.717) is 5.41 Å². The summed E-state index contributed by atoms with van der Waals surface area (Å²) in [6.07, 6.45) is 1.56. The maximum atomic E-state index is 10.7. The van der Waals surface area contributed by atoms with Crippen LogP contribution in [0.4, 0.5) is 4.79 Å². The van der Waals surface area contributed by atoms with Gasteiger partial charge in [-0.1, -0.05) is 0 Å². The first-order chi connectivity index (χ1) is 6.13. The van der Waals surface area contributed by atoms with Crippen molar-refractivity contribution in [2.45, 2.75) is 18.9 Å². The molecule has 0 unspecified atom stereocenters. The smallest absolute Gasteiger partial charge is 0.438 e. The van der Waals surface area contributed by atoms with E-state index in [1.807, 2.05) is 0 Å². The lowest BCUT2D eigenvalue weighted by Gasteiger charge is -2.57. The summed E-state index contributed by atoms with van der Waals surface area (Å²) in [6.45, 7) is 2.29. The number of nitrogens with zero attached hydrogens (tertiary/aromatic N) is 1. The Labute approximate surface area is 77.8 Å². The van der Waals surface area contributed by atoms with Crippen molar-refractivity contribution < 1.29 is 14.3 Å². The average Bonchev–Trinajstić information content (AvgIpc) is 1.97. The molecule has 0 bridgehead atoms. The van der Waals surface area contributed by atoms with Gasteiger partial charge in [-0.15, -0.1) is 0 Å². The molecule has 13 heavy (non-hydrogen) atoms. The number of rotatable bonds is 1. The first kappa shape index (κ1) is 8.81. The van der Waals surface area contributed by atoms with Crippen molar-refractivity contribution in [2.24, 2.45) is 5.41 Å². The van der Waals surface area contributed by atoms with Gasteiger partial charge in [0.15, 0.2) is 0 Å². The number of methoxy groups -OCH3 is 1. The van der Waals surface area contributed by atoms with E-state index in [4.69, 9.17) is 4.74 Å². The van der Waals surface area contributed by atoms with Gasteiger partial charge < -0.3 is 14.4 Å². The van der Waals surface area contributed by atoms with Crippen molar-refractivity contribution in [1.82, 2.24) is 4.90 Å². The molecular formula is C9H15NO3. The van der Waals surface area contributed by atoms with Crippen LogP contribution >= 0.6 is 0 Å². The third-order valence-corrected chi connectivity index (χ3v) is 2.96. The summed E-state index contributed by atoms with van der Waals surface area (Å²) < 4.78 is 9.45. The molecule has 1 spiro atoms. The standard InChI is InChI=1S/C9H15NO3/c1-10-5-9(6-10)3-7(4-9)13-8(11)12-2/h7H,3-6H2,1-2H3. The third kappa shape index (κ3) is 1.50. The molecule has 2 rings (SSSR count). The molecule has 0 amide bonds. The molecule has 1 saturated carbocycles. The Morgan fingerprint density at radius 2 is 2.08 bits per heavy atom. The molecular weight excluding hydrogens is 170 g/mol. The van der Waals surface area contributed by atoms with Crippen LogP contribution < -0.4 is 0 Å². The van der Waals surface area contributed by atoms with E-state index in [9.17, 15) is 4.79 Å². The van der Waals surface area contributed by atoms with Crippen LogP contribution in [0.2, 0.25) is 0 Å². The van der Waals surface area contributed by atoms with Crippen LogP contribution in [0.15, 0.2) is 0 Å². The van der Waals surface area contributed by atoms with Crippen molar-refractivity contribution in [1.29, 1.82) is 0 Å². The highest BCUT2D eigenvalue weighted by molar-refractivity contribution is 5.60. The number of ether oxygens (including phenoxy) is 2. The van der Waals surface area contributed by atoms with Gasteiger partial charge in [-0.3, -0.25) is 0 Å². The van der Waals surface area contributed by atoms with Gasteiger partial charge in [0.25, 0.3) is 0 Å². The lowest BCUT2D eigenvalue weighted by atomic mass is 9.62. The Kier molecular flexibility index (Phi) is 1.95. The fraction of sp³-hybridized carbons (Fsp3) is 0.889. The molecule has 1 heterocycles. The van der Waals surface area contributed by atoms with Crippen molar-refractivity contribution >= 4 is 6.16 Å². The first-order valence-electron chi connectivity index (χ1n) is 4.57. The topological polar surface area (TPSA) is 38.8 Å². The molecule has 0 aromatic rings. The summed E-state index contributed by atoms with van der Waals surface area (Å²) in [7, 11) is 3.45. The van der Waals surface area contributed by atoms with Gasteiger partial charge in [-0.05, 0) is 19.9 Å². The lowest BCUT2D eigenvalue weighted by Crippen LogP contribution is -2.62. The first-order valence-corrected chi connectivity index (χ1v) is 4.57. The number of carbonyl (C=O) groups is 1. The third-order valence-electron chi connectivity index (χ3n) is 2.96. The van der Waals surface area contributed by atoms with E-state index in [1.165, 1.54) is 7.11 Å². The van der Waals surface area contributed by atoms with Crippen LogP contribution in [0.5, 0.6) is 0 Å². The lowest BCUT2D eigenvalue weighted by molar-refractivity contribution is -0.129. The van der Waals surface area contributed by atoms with E-state index in [0.717, 1.165) is 25.9 Å². The van der Waals surface area contributed by atoms with E-state index in [2.05, 4.69) is 16.7 Å². The SMILES string of the molecule is COC(=O)OC1CC2(C1)CN(C)C2. The molecule has 0 aromatic heterocycles. The van der Waals surface area contributed by atoms with Crippen LogP contribution in [0.3, 0.4) is 0 Å². The number of carbonyl (C=O) groups excluding carboxylic acids is 1. The summed E-state index contributed by atoms with van der Waals surface area (Å²) >= 11 is 0. The number of likely N-dealkylation sites (tertiary alicyclic amines) is 1. The maximum absolute atomic E-state index is 10.7. The summed E-state index contributed by atoms with van der Waals surface area (Å²) in [5, 5.41) is 0. The van der Waals surface area contributed by atoms with E-state index in [1.54, 1.807) is 0 Å². The van der Waals surface area contributed by atoms with Crippen LogP contribution in [0.1, 0.15) is 12.8 Å². The predicted octanol–water partition coefficient (Wildman–Crippen LogP) is 0.864. The van der Waals surface area contributed by atoms with E-state index < -0.39 is 6.16 Å². The zero-order chi connectivity index (χ0) is 9.47. The van der Waals surface area contributed by atoms with Crippen molar-refractivity contribution in [3.05, 3.63) is 0 Å². The Balaban J connectivity index is 1.70. The van der Waals surface area contributed by atoms with Gasteiger partial charge in [0.2, 0.25) is 0 Å². The summed E-state index contributed by atoms with van der Waals surface area (Å²) in [6, 6.07) is 0. The highest BCUT2D eigenvalue weighted by atomic mass is 16.7. The largest absolute Gasteiger partial charge is 0.508 e. The minimum absolute atomic E-state index is 0.0983. The van der Waals surface area contributed by atoms with E-state index >= 15 is 0 Å². The van der Waals surface area contributed by atoms with Gasteiger partial charge >= 0.3 is 6.16 Å². The molecule has 2 aliphatic rings. The molecule has 2 fully saturated rings. The molecule has 0 atom stereocenters. The van der Waals surface area contributed by atoms with Gasteiger partial charge in [0.1, 0.15) is 6.10 Å². The quantitative estimate of drug-likeness (QED) is 0.568. The highest BCUT2D eigenvalue weighted by Crippen LogP contribution is 2.48. The Bertz CT molecular complexity index is 215. The molecule has 74 valence electrons. The number of hydrogen-bond acceptors (Lipinski definition) is 4. The van der Waals surface area contributed by atoms with Crippen LogP contribution in [0.25, 0.3) is 0 Å². The van der Waals surface area contributed by atoms with Gasteiger partial charge in [0, 0.05) is 18.5 Å². The van der Waals surface area contributed by atoms with Crippen molar-refractivity contribution in [2.75, 3.05) is 27.2 Å². The monoisotopic (exact) mass is 185 g/mol. The normalized spacial score (nSPS) is 26.3. The molecule has 0 aromatic carbocycles. The van der Waals surface area contributed by atoms with Gasteiger partial charge in [0.05, 0.1) is 7.11 Å². The molecule has 0 radical (unpaired) electrons. The molecule has 1 aliphatic heterocycles. The maximum Gasteiger partial charge on any atom is 0.508 e. The Morgan fingerprint density at radius 3 is 2.54 bits per heavy atom. The summed E-state index contributed by atoms with van der Waals surface area (Å²) in [5.74, 6) is 0. The molecule has 1 saturated heterocycles.